The molecule has 0 spiro atoms. The summed E-state index contributed by atoms with van der Waals surface area (Å²) in [6, 6.07) is 9.77. The minimum atomic E-state index is 0.543. The molecule has 0 aromatic heterocycles. The zero-order valence-electron chi connectivity index (χ0n) is 17.4. The van der Waals surface area contributed by atoms with Crippen LogP contribution in [0.2, 0.25) is 0 Å². The van der Waals surface area contributed by atoms with Crippen LogP contribution in [0.3, 0.4) is 0 Å². The van der Waals surface area contributed by atoms with Crippen LogP contribution in [0.4, 0.5) is 11.4 Å². The minimum absolute atomic E-state index is 0.543. The highest BCUT2D eigenvalue weighted by molar-refractivity contribution is 5.53. The average Bonchev–Trinajstić information content (AvgIpc) is 3.01. The maximum absolute atomic E-state index is 10.6. The van der Waals surface area contributed by atoms with Crippen LogP contribution in [0.25, 0.3) is 0 Å². The standard InChI is InChI=1S/C21H37N5O/c1-5-25(15-7-17-27)22-19-9-11-20(12-10-19)23-26(6-2)16-14-21-13-8-18(3)24(21)4/h9-12,17-18,21-23H,5-8,13-16H2,1-4H3. The van der Waals surface area contributed by atoms with E-state index < -0.39 is 0 Å². The van der Waals surface area contributed by atoms with Crippen molar-refractivity contribution in [2.24, 2.45) is 0 Å². The molecule has 1 aliphatic heterocycles. The summed E-state index contributed by atoms with van der Waals surface area (Å²) in [5, 5.41) is 4.34. The Morgan fingerprint density at radius 2 is 1.59 bits per heavy atom. The number of carbonyl (C=O) groups is 1. The lowest BCUT2D eigenvalue weighted by molar-refractivity contribution is -0.108. The third-order valence-electron chi connectivity index (χ3n) is 5.66. The molecule has 0 bridgehead atoms. The molecule has 6 heteroatoms. The van der Waals surface area contributed by atoms with Crippen LogP contribution >= 0.6 is 0 Å². The maximum atomic E-state index is 10.6. The summed E-state index contributed by atoms with van der Waals surface area (Å²) in [7, 11) is 2.26. The van der Waals surface area contributed by atoms with Crippen molar-refractivity contribution < 1.29 is 4.79 Å². The van der Waals surface area contributed by atoms with E-state index in [9.17, 15) is 4.79 Å². The van der Waals surface area contributed by atoms with Crippen LogP contribution in [0.15, 0.2) is 24.3 Å². The SMILES string of the molecule is CCN(CCC=O)Nc1ccc(NN(CC)CCC2CCC(C)N2C)cc1. The second-order valence-corrected chi connectivity index (χ2v) is 7.45. The average molecular weight is 376 g/mol. The first-order valence-corrected chi connectivity index (χ1v) is 10.4. The number of nitrogens with zero attached hydrogens (tertiary/aromatic N) is 3. The van der Waals surface area contributed by atoms with E-state index in [1.54, 1.807) is 0 Å². The van der Waals surface area contributed by atoms with Crippen molar-refractivity contribution >= 4 is 17.7 Å². The van der Waals surface area contributed by atoms with Crippen molar-refractivity contribution in [1.29, 1.82) is 0 Å². The second-order valence-electron chi connectivity index (χ2n) is 7.45. The van der Waals surface area contributed by atoms with Gasteiger partial charge in [0.15, 0.2) is 0 Å². The summed E-state index contributed by atoms with van der Waals surface area (Å²) >= 11 is 0. The van der Waals surface area contributed by atoms with E-state index in [1.807, 2.05) is 5.01 Å². The number of carbonyl (C=O) groups excluding carboxylic acids is 1. The maximum Gasteiger partial charge on any atom is 0.121 e. The van der Waals surface area contributed by atoms with Gasteiger partial charge < -0.3 is 20.5 Å². The molecule has 1 aliphatic rings. The molecular weight excluding hydrogens is 338 g/mol. The number of aldehydes is 1. The Labute approximate surface area is 164 Å². The normalized spacial score (nSPS) is 20.4. The third-order valence-corrected chi connectivity index (χ3v) is 5.66. The first kappa shape index (κ1) is 21.7. The Bertz CT molecular complexity index is 550. The first-order valence-electron chi connectivity index (χ1n) is 10.4. The topological polar surface area (TPSA) is 50.9 Å². The molecule has 2 N–H and O–H groups in total. The third kappa shape index (κ3) is 6.79. The molecule has 1 heterocycles. The number of hydrazine groups is 2. The van der Waals surface area contributed by atoms with Crippen LogP contribution in [0, 0.1) is 0 Å². The van der Waals surface area contributed by atoms with E-state index in [0.717, 1.165) is 43.8 Å². The number of nitrogens with one attached hydrogen (secondary N) is 2. The van der Waals surface area contributed by atoms with E-state index in [2.05, 4.69) is 72.8 Å². The van der Waals surface area contributed by atoms with Gasteiger partial charge in [0.1, 0.15) is 6.29 Å². The summed E-state index contributed by atoms with van der Waals surface area (Å²) in [4.78, 5) is 13.1. The number of benzene rings is 1. The fourth-order valence-corrected chi connectivity index (χ4v) is 3.63. The number of rotatable bonds is 12. The molecule has 0 amide bonds. The largest absolute Gasteiger partial charge is 0.319 e. The molecular formula is C21H37N5O. The van der Waals surface area contributed by atoms with Gasteiger partial charge in [-0.1, -0.05) is 13.8 Å². The fraction of sp³-hybridized carbons (Fsp3) is 0.667. The van der Waals surface area contributed by atoms with Crippen LogP contribution in [0.5, 0.6) is 0 Å². The highest BCUT2D eigenvalue weighted by atomic mass is 16.1. The van der Waals surface area contributed by atoms with Crippen molar-refractivity contribution in [3.8, 4) is 0 Å². The van der Waals surface area contributed by atoms with E-state index in [0.29, 0.717) is 18.5 Å². The van der Waals surface area contributed by atoms with Gasteiger partial charge in [0.2, 0.25) is 0 Å². The molecule has 0 saturated carbocycles. The number of hydrogen-bond donors (Lipinski definition) is 2. The van der Waals surface area contributed by atoms with Crippen LogP contribution < -0.4 is 10.9 Å². The summed E-state index contributed by atoms with van der Waals surface area (Å²) in [6.45, 7) is 10.2. The molecule has 1 saturated heterocycles. The molecule has 27 heavy (non-hydrogen) atoms. The lowest BCUT2D eigenvalue weighted by Crippen LogP contribution is -2.36. The molecule has 1 fully saturated rings. The van der Waals surface area contributed by atoms with Gasteiger partial charge in [0.25, 0.3) is 0 Å². The van der Waals surface area contributed by atoms with Crippen LogP contribution in [-0.2, 0) is 4.79 Å². The Hall–Kier alpha value is -1.63. The van der Waals surface area contributed by atoms with Crippen LogP contribution in [-0.4, -0.2) is 66.5 Å². The zero-order chi connectivity index (χ0) is 19.6. The summed E-state index contributed by atoms with van der Waals surface area (Å²) in [5.74, 6) is 0. The van der Waals surface area contributed by atoms with Gasteiger partial charge in [-0.2, -0.15) is 0 Å². The van der Waals surface area contributed by atoms with E-state index >= 15 is 0 Å². The van der Waals surface area contributed by atoms with Gasteiger partial charge in [-0.3, -0.25) is 0 Å². The highest BCUT2D eigenvalue weighted by Gasteiger charge is 2.27. The lowest BCUT2D eigenvalue weighted by atomic mass is 10.1. The molecule has 152 valence electrons. The van der Waals surface area contributed by atoms with Gasteiger partial charge in [-0.15, -0.1) is 0 Å². The molecule has 0 aliphatic carbocycles. The number of likely N-dealkylation sites (tertiary alicyclic amines) is 1. The predicted octanol–water partition coefficient (Wildman–Crippen LogP) is 3.45. The fourth-order valence-electron chi connectivity index (χ4n) is 3.63. The van der Waals surface area contributed by atoms with Gasteiger partial charge in [-0.05, 0) is 57.5 Å². The summed E-state index contributed by atoms with van der Waals surface area (Å²) in [5.41, 5.74) is 9.03. The Kier molecular flexibility index (Phi) is 9.04. The van der Waals surface area contributed by atoms with Crippen LogP contribution in [0.1, 0.15) is 46.5 Å². The Balaban J connectivity index is 1.81. The Morgan fingerprint density at radius 3 is 2.04 bits per heavy atom. The van der Waals surface area contributed by atoms with Crippen molar-refractivity contribution in [3.05, 3.63) is 24.3 Å². The van der Waals surface area contributed by atoms with E-state index in [1.165, 1.54) is 19.3 Å². The van der Waals surface area contributed by atoms with Gasteiger partial charge >= 0.3 is 0 Å². The number of hydrogen-bond acceptors (Lipinski definition) is 6. The monoisotopic (exact) mass is 375 g/mol. The molecule has 1 aromatic rings. The lowest BCUT2D eigenvalue weighted by Gasteiger charge is -2.28. The molecule has 1 aromatic carbocycles. The minimum Gasteiger partial charge on any atom is -0.319 e. The van der Waals surface area contributed by atoms with Gasteiger partial charge in [-0.25, -0.2) is 10.0 Å². The molecule has 2 atom stereocenters. The van der Waals surface area contributed by atoms with E-state index in [4.69, 9.17) is 0 Å². The van der Waals surface area contributed by atoms with Gasteiger partial charge in [0, 0.05) is 56.1 Å². The second kappa shape index (κ2) is 11.3. The molecule has 2 rings (SSSR count). The van der Waals surface area contributed by atoms with Gasteiger partial charge in [0.05, 0.1) is 0 Å². The summed E-state index contributed by atoms with van der Waals surface area (Å²) in [6.07, 6.45) is 5.33. The molecule has 6 nitrogen and oxygen atoms in total. The highest BCUT2D eigenvalue weighted by Crippen LogP contribution is 2.24. The van der Waals surface area contributed by atoms with Crippen molar-refractivity contribution in [2.75, 3.05) is 44.1 Å². The zero-order valence-corrected chi connectivity index (χ0v) is 17.4. The quantitative estimate of drug-likeness (QED) is 0.431. The van der Waals surface area contributed by atoms with Crippen molar-refractivity contribution in [2.45, 2.75) is 58.5 Å². The van der Waals surface area contributed by atoms with Crippen molar-refractivity contribution in [1.82, 2.24) is 14.9 Å². The molecule has 0 radical (unpaired) electrons. The predicted molar refractivity (Wildman–Crippen MR) is 114 cm³/mol. The van der Waals surface area contributed by atoms with Crippen molar-refractivity contribution in [3.63, 3.8) is 0 Å². The number of anilines is 2. The van der Waals surface area contributed by atoms with E-state index in [-0.39, 0.29) is 0 Å². The Morgan fingerprint density at radius 1 is 1.04 bits per heavy atom. The smallest absolute Gasteiger partial charge is 0.121 e. The summed E-state index contributed by atoms with van der Waals surface area (Å²) < 4.78 is 0. The molecule has 2 unspecified atom stereocenters. The first-order chi connectivity index (χ1) is 13.1.